The number of hydrogen-bond donors (Lipinski definition) is 0. The second kappa shape index (κ2) is 19.1. The normalized spacial score (nSPS) is 11.8. The standard InChI is InChI=1S/C39H36N3O.C18H24GeN.Ir/c1-22(2)27-14-11-15-28(23(3)4)36(27)42-33-17-9-8-16-31(33)40-38(42)30-19-18-26(7)35-29-20-21-32(41-39(29)43-37(30)35)34-24(5)12-10-13-25(34)6;1-14(2)11-16-12-18(15-9-7-6-8-10-15)20-13-17(16)19(3,4)5;/h8-18,20-23H,1-7H3;6-9,12-14H,11H2,1-5H3;/q2*-1;. The van der Waals surface area contributed by atoms with Crippen LogP contribution >= 0.6 is 0 Å². The summed E-state index contributed by atoms with van der Waals surface area (Å²) in [6.07, 6.45) is 3.27. The Morgan fingerprint density at radius 3 is 2.02 bits per heavy atom. The monoisotopic (exact) mass is 1080 g/mol. The van der Waals surface area contributed by atoms with Gasteiger partial charge in [0.25, 0.3) is 0 Å². The van der Waals surface area contributed by atoms with Gasteiger partial charge in [-0.1, -0.05) is 94.1 Å². The number of aromatic nitrogens is 4. The second-order valence-electron chi connectivity index (χ2n) is 19.2. The van der Waals surface area contributed by atoms with Crippen molar-refractivity contribution >= 4 is 50.8 Å². The number of para-hydroxylation sites is 3. The molecule has 0 aliphatic carbocycles. The van der Waals surface area contributed by atoms with Crippen molar-refractivity contribution in [1.29, 1.82) is 0 Å². The third-order valence-corrected chi connectivity index (χ3v) is 16.4. The van der Waals surface area contributed by atoms with E-state index in [1.165, 1.54) is 33.5 Å². The molecule has 0 saturated heterocycles. The molecule has 7 heteroatoms. The summed E-state index contributed by atoms with van der Waals surface area (Å²) in [5.74, 6) is 9.50. The van der Waals surface area contributed by atoms with Crippen LogP contribution in [0.5, 0.6) is 0 Å². The van der Waals surface area contributed by atoms with Crippen molar-refractivity contribution in [3.05, 3.63) is 161 Å². The van der Waals surface area contributed by atoms with Gasteiger partial charge in [0.05, 0.1) is 28.1 Å². The molecule has 64 heavy (non-hydrogen) atoms. The van der Waals surface area contributed by atoms with Gasteiger partial charge in [0.2, 0.25) is 5.71 Å². The summed E-state index contributed by atoms with van der Waals surface area (Å²) in [6, 6.07) is 45.0. The van der Waals surface area contributed by atoms with Gasteiger partial charge in [-0.3, -0.25) is 4.98 Å². The average Bonchev–Trinajstić information content (AvgIpc) is 3.83. The summed E-state index contributed by atoms with van der Waals surface area (Å²) < 4.78 is 10.6. The molecule has 0 unspecified atom stereocenters. The van der Waals surface area contributed by atoms with Gasteiger partial charge in [-0.05, 0) is 72.2 Å². The number of imidazole rings is 1. The van der Waals surface area contributed by atoms with Gasteiger partial charge < -0.3 is 8.98 Å². The first-order valence-electron chi connectivity index (χ1n) is 22.5. The molecule has 5 aromatic carbocycles. The maximum atomic E-state index is 6.71. The Morgan fingerprint density at radius 2 is 1.38 bits per heavy atom. The van der Waals surface area contributed by atoms with Gasteiger partial charge in [-0.2, -0.15) is 0 Å². The van der Waals surface area contributed by atoms with Crippen LogP contribution < -0.4 is 4.40 Å². The summed E-state index contributed by atoms with van der Waals surface area (Å²) in [5, 5.41) is 2.06. The summed E-state index contributed by atoms with van der Waals surface area (Å²) in [4.78, 5) is 15.0. The number of hydrogen-bond acceptors (Lipinski definition) is 4. The van der Waals surface area contributed by atoms with E-state index in [-0.39, 0.29) is 20.1 Å². The van der Waals surface area contributed by atoms with E-state index < -0.39 is 13.3 Å². The van der Waals surface area contributed by atoms with Gasteiger partial charge in [0, 0.05) is 36.7 Å². The minimum absolute atomic E-state index is 0. The number of pyridine rings is 2. The van der Waals surface area contributed by atoms with Crippen LogP contribution in [0.4, 0.5) is 0 Å². The smallest absolute Gasteiger partial charge is 0.216 e. The van der Waals surface area contributed by atoms with Crippen LogP contribution in [-0.2, 0) is 26.5 Å². The minimum atomic E-state index is -1.86. The number of nitrogens with zero attached hydrogens (tertiary/aromatic N) is 4. The second-order valence-corrected chi connectivity index (χ2v) is 29.7. The largest absolute Gasteiger partial charge is 0.486 e. The minimum Gasteiger partial charge on any atom is -0.486 e. The molecule has 0 bridgehead atoms. The maximum Gasteiger partial charge on any atom is 0.216 e. The zero-order valence-corrected chi connectivity index (χ0v) is 43.9. The Labute approximate surface area is 396 Å². The van der Waals surface area contributed by atoms with Gasteiger partial charge in [0.1, 0.15) is 0 Å². The Morgan fingerprint density at radius 1 is 0.703 bits per heavy atom. The van der Waals surface area contributed by atoms with Gasteiger partial charge in [-0.15, -0.1) is 17.7 Å². The van der Waals surface area contributed by atoms with Crippen molar-refractivity contribution < 1.29 is 24.5 Å². The Bertz CT molecular complexity index is 3050. The quantitative estimate of drug-likeness (QED) is 0.107. The van der Waals surface area contributed by atoms with Crippen LogP contribution in [0.2, 0.25) is 17.3 Å². The van der Waals surface area contributed by atoms with Crippen LogP contribution in [0, 0.1) is 38.8 Å². The molecule has 329 valence electrons. The molecule has 0 aliphatic heterocycles. The number of benzene rings is 5. The molecule has 4 aromatic heterocycles. The van der Waals surface area contributed by atoms with Gasteiger partial charge in [-0.25, -0.2) is 4.98 Å². The zero-order valence-electron chi connectivity index (χ0n) is 39.4. The first-order valence-corrected chi connectivity index (χ1v) is 29.8. The third-order valence-electron chi connectivity index (χ3n) is 12.1. The predicted molar refractivity (Wildman–Crippen MR) is 268 cm³/mol. The molecule has 5 nitrogen and oxygen atoms in total. The average molecular weight is 1080 g/mol. The Hall–Kier alpha value is -5.14. The Balaban J connectivity index is 0.000000246. The fraction of sp³-hybridized carbons (Fsp3) is 0.281. The summed E-state index contributed by atoms with van der Waals surface area (Å²) in [6.45, 7) is 20.0. The molecule has 0 spiro atoms. The molecule has 0 aliphatic rings. The molecule has 0 atom stereocenters. The number of furan rings is 1. The molecule has 0 amide bonds. The van der Waals surface area contributed by atoms with E-state index in [2.05, 4.69) is 193 Å². The Kier molecular flexibility index (Phi) is 14.0. The van der Waals surface area contributed by atoms with Crippen molar-refractivity contribution in [2.45, 2.75) is 97.8 Å². The predicted octanol–water partition coefficient (Wildman–Crippen LogP) is 14.9. The maximum absolute atomic E-state index is 6.71. The van der Waals surface area contributed by atoms with E-state index in [9.17, 15) is 0 Å². The number of fused-ring (bicyclic) bond motifs is 4. The van der Waals surface area contributed by atoms with Crippen LogP contribution in [0.25, 0.3) is 72.7 Å². The summed E-state index contributed by atoms with van der Waals surface area (Å²) >= 11 is -1.86. The van der Waals surface area contributed by atoms with Crippen molar-refractivity contribution in [1.82, 2.24) is 19.5 Å². The first kappa shape index (κ1) is 46.8. The van der Waals surface area contributed by atoms with E-state index in [1.54, 1.807) is 4.40 Å². The molecular formula is C57H60GeIrN4O-2. The van der Waals surface area contributed by atoms with Crippen LogP contribution in [0.15, 0.2) is 120 Å². The van der Waals surface area contributed by atoms with Crippen LogP contribution in [0.3, 0.4) is 0 Å². The summed E-state index contributed by atoms with van der Waals surface area (Å²) in [7, 11) is 0. The summed E-state index contributed by atoms with van der Waals surface area (Å²) in [5.41, 5.74) is 17.3. The topological polar surface area (TPSA) is 56.7 Å². The molecule has 0 saturated carbocycles. The molecule has 0 N–H and O–H groups in total. The van der Waals surface area contributed by atoms with E-state index in [1.807, 2.05) is 18.2 Å². The van der Waals surface area contributed by atoms with E-state index in [0.29, 0.717) is 23.5 Å². The molecule has 0 fully saturated rings. The number of rotatable bonds is 9. The van der Waals surface area contributed by atoms with Crippen molar-refractivity contribution in [3.63, 3.8) is 0 Å². The van der Waals surface area contributed by atoms with Gasteiger partial charge >= 0.3 is 126 Å². The molecule has 9 aromatic rings. The molecule has 4 heterocycles. The SMILES string of the molecule is CC(C)Cc1cc(-c2[c-]cccc2)nc[c]1[Ge]([CH3])([CH3])[CH3].Cc1cccc(C)c1-c1ccc2c(n1)oc1c(-c3nc4ccccc4n3-c3c(C(C)C)cccc3C(C)C)[c-]cc(C)c12.[Ir]. The van der Waals surface area contributed by atoms with E-state index >= 15 is 0 Å². The van der Waals surface area contributed by atoms with E-state index in [0.717, 1.165) is 73.3 Å². The molecule has 9 rings (SSSR count). The fourth-order valence-electron chi connectivity index (χ4n) is 9.06. The van der Waals surface area contributed by atoms with Crippen LogP contribution in [-0.4, -0.2) is 32.8 Å². The third kappa shape index (κ3) is 9.20. The fourth-order valence-corrected chi connectivity index (χ4v) is 12.4. The van der Waals surface area contributed by atoms with Gasteiger partial charge in [0.15, 0.2) is 0 Å². The zero-order chi connectivity index (χ0) is 44.7. The van der Waals surface area contributed by atoms with Crippen molar-refractivity contribution in [2.75, 3.05) is 0 Å². The molecular weight excluding hydrogens is 1020 g/mol. The van der Waals surface area contributed by atoms with Crippen LogP contribution in [0.1, 0.15) is 86.8 Å². The van der Waals surface area contributed by atoms with Crippen molar-refractivity contribution in [3.8, 4) is 39.6 Å². The first-order chi connectivity index (χ1) is 30.1. The number of aryl methyl sites for hydroxylation is 3. The molecule has 1 radical (unpaired) electrons. The van der Waals surface area contributed by atoms with Crippen molar-refractivity contribution in [2.24, 2.45) is 5.92 Å². The van der Waals surface area contributed by atoms with E-state index in [4.69, 9.17) is 19.4 Å².